The monoisotopic (exact) mass is 335 g/mol. The van der Waals surface area contributed by atoms with Crippen LogP contribution in [-0.2, 0) is 9.53 Å². The number of hydrogen-bond donors (Lipinski definition) is 1. The Morgan fingerprint density at radius 1 is 1.52 bits per heavy atom. The first-order chi connectivity index (χ1) is 11.0. The van der Waals surface area contributed by atoms with Gasteiger partial charge in [-0.1, -0.05) is 0 Å². The van der Waals surface area contributed by atoms with E-state index >= 15 is 0 Å². The Balaban J connectivity index is 1.69. The van der Waals surface area contributed by atoms with Gasteiger partial charge in [0.1, 0.15) is 5.69 Å². The molecule has 0 spiro atoms. The van der Waals surface area contributed by atoms with Gasteiger partial charge in [-0.05, 0) is 13.3 Å². The van der Waals surface area contributed by atoms with Crippen LogP contribution in [0.25, 0.3) is 4.96 Å². The first-order valence-electron chi connectivity index (χ1n) is 7.55. The van der Waals surface area contributed by atoms with Gasteiger partial charge < -0.3 is 14.7 Å². The molecule has 4 rings (SSSR count). The van der Waals surface area contributed by atoms with Crippen molar-refractivity contribution < 1.29 is 19.4 Å². The Labute approximate surface area is 136 Å². The number of carboxylic acid groups (broad SMARTS) is 1. The van der Waals surface area contributed by atoms with Crippen molar-refractivity contribution in [3.63, 3.8) is 0 Å². The Morgan fingerprint density at radius 3 is 3.09 bits per heavy atom. The van der Waals surface area contributed by atoms with Crippen molar-refractivity contribution in [1.82, 2.24) is 14.3 Å². The number of thiazole rings is 1. The lowest BCUT2D eigenvalue weighted by Gasteiger charge is -2.33. The molecule has 23 heavy (non-hydrogen) atoms. The molecule has 8 heteroatoms. The van der Waals surface area contributed by atoms with Crippen LogP contribution >= 0.6 is 11.3 Å². The predicted octanol–water partition coefficient (Wildman–Crippen LogP) is 1.27. The average Bonchev–Trinajstić information content (AvgIpc) is 3.18. The number of nitrogens with zero attached hydrogens (tertiary/aromatic N) is 3. The van der Waals surface area contributed by atoms with Crippen molar-refractivity contribution in [2.75, 3.05) is 26.3 Å². The molecule has 4 heterocycles. The summed E-state index contributed by atoms with van der Waals surface area (Å²) in [5.41, 5.74) is 0.332. The number of carbonyl (C=O) groups is 2. The molecule has 2 aliphatic heterocycles. The molecule has 1 N–H and O–H groups in total. The second kappa shape index (κ2) is 5.04. The van der Waals surface area contributed by atoms with Crippen molar-refractivity contribution in [2.45, 2.75) is 13.3 Å². The molecule has 122 valence electrons. The molecule has 2 aromatic heterocycles. The Hall–Kier alpha value is -1.93. The first kappa shape index (κ1) is 14.6. The summed E-state index contributed by atoms with van der Waals surface area (Å²) in [6.45, 7) is 3.31. The molecule has 2 aliphatic rings. The molecule has 7 nitrogen and oxygen atoms in total. The quantitative estimate of drug-likeness (QED) is 0.893. The van der Waals surface area contributed by atoms with Gasteiger partial charge in [0.25, 0.3) is 5.91 Å². The van der Waals surface area contributed by atoms with E-state index in [-0.39, 0.29) is 18.4 Å². The van der Waals surface area contributed by atoms with Gasteiger partial charge >= 0.3 is 5.97 Å². The third-order valence-corrected chi connectivity index (χ3v) is 5.82. The van der Waals surface area contributed by atoms with Crippen LogP contribution in [0.2, 0.25) is 0 Å². The zero-order valence-corrected chi connectivity index (χ0v) is 13.5. The number of imidazole rings is 1. The molecular weight excluding hydrogens is 318 g/mol. The maximum atomic E-state index is 13.0. The summed E-state index contributed by atoms with van der Waals surface area (Å²) in [5.74, 6) is -1.13. The zero-order valence-electron chi connectivity index (χ0n) is 12.7. The standard InChI is InChI=1S/C15H17N3O4S/c1-9-11(18-3-5-23-14(18)16-9)12(19)17-6-10-7-22-4-2-15(10,8-17)13(20)21/h3,5,10H,2,4,6-8H2,1H3,(H,20,21)/t10-,15+/m1/s1. The first-order valence-corrected chi connectivity index (χ1v) is 8.43. The third kappa shape index (κ3) is 2.01. The van der Waals surface area contributed by atoms with Crippen molar-refractivity contribution in [3.05, 3.63) is 23.0 Å². The van der Waals surface area contributed by atoms with Crippen LogP contribution in [0.1, 0.15) is 22.6 Å². The van der Waals surface area contributed by atoms with E-state index in [1.165, 1.54) is 11.3 Å². The van der Waals surface area contributed by atoms with Gasteiger partial charge in [0.2, 0.25) is 0 Å². The van der Waals surface area contributed by atoms with Gasteiger partial charge in [0.15, 0.2) is 4.96 Å². The van der Waals surface area contributed by atoms with Crippen LogP contribution in [0, 0.1) is 18.3 Å². The van der Waals surface area contributed by atoms with Crippen molar-refractivity contribution in [2.24, 2.45) is 11.3 Å². The van der Waals surface area contributed by atoms with Crippen LogP contribution in [-0.4, -0.2) is 57.6 Å². The number of aryl methyl sites for hydroxylation is 1. The number of ether oxygens (including phenoxy) is 1. The molecule has 0 radical (unpaired) electrons. The Kier molecular flexibility index (Phi) is 3.21. The lowest BCUT2D eigenvalue weighted by molar-refractivity contribution is -0.157. The van der Waals surface area contributed by atoms with Gasteiger partial charge in [-0.2, -0.15) is 0 Å². The molecule has 0 bridgehead atoms. The molecule has 0 aromatic carbocycles. The maximum absolute atomic E-state index is 13.0. The number of likely N-dealkylation sites (tertiary alicyclic amines) is 1. The number of aromatic nitrogens is 2. The van der Waals surface area contributed by atoms with E-state index in [0.29, 0.717) is 37.6 Å². The maximum Gasteiger partial charge on any atom is 0.311 e. The molecule has 1 amide bonds. The van der Waals surface area contributed by atoms with E-state index in [1.54, 1.807) is 9.30 Å². The van der Waals surface area contributed by atoms with Crippen molar-refractivity contribution in [3.8, 4) is 0 Å². The minimum absolute atomic E-state index is 0.149. The van der Waals surface area contributed by atoms with Gasteiger partial charge in [-0.25, -0.2) is 4.98 Å². The van der Waals surface area contributed by atoms with E-state index in [0.717, 1.165) is 4.96 Å². The van der Waals surface area contributed by atoms with Crippen LogP contribution in [0.15, 0.2) is 11.6 Å². The van der Waals surface area contributed by atoms with E-state index in [1.807, 2.05) is 18.5 Å². The minimum atomic E-state index is -0.875. The number of carboxylic acids is 1. The van der Waals surface area contributed by atoms with E-state index in [2.05, 4.69) is 4.98 Å². The predicted molar refractivity (Wildman–Crippen MR) is 82.7 cm³/mol. The fourth-order valence-corrected chi connectivity index (χ4v) is 4.52. The number of aliphatic carboxylic acids is 1. The van der Waals surface area contributed by atoms with E-state index < -0.39 is 11.4 Å². The smallest absolute Gasteiger partial charge is 0.311 e. The van der Waals surface area contributed by atoms with Crippen LogP contribution in [0.3, 0.4) is 0 Å². The van der Waals surface area contributed by atoms with E-state index in [4.69, 9.17) is 4.74 Å². The molecule has 2 saturated heterocycles. The lowest BCUT2D eigenvalue weighted by Crippen LogP contribution is -2.45. The lowest BCUT2D eigenvalue weighted by atomic mass is 9.74. The summed E-state index contributed by atoms with van der Waals surface area (Å²) in [6.07, 6.45) is 2.28. The molecule has 2 aromatic rings. The highest BCUT2D eigenvalue weighted by Crippen LogP contribution is 2.43. The van der Waals surface area contributed by atoms with Crippen LogP contribution in [0.4, 0.5) is 0 Å². The second-order valence-electron chi connectivity index (χ2n) is 6.27. The summed E-state index contributed by atoms with van der Waals surface area (Å²) in [7, 11) is 0. The summed E-state index contributed by atoms with van der Waals surface area (Å²) in [6, 6.07) is 0. The molecule has 0 unspecified atom stereocenters. The van der Waals surface area contributed by atoms with Gasteiger partial charge in [0, 0.05) is 37.2 Å². The van der Waals surface area contributed by atoms with Crippen LogP contribution in [0.5, 0.6) is 0 Å². The van der Waals surface area contributed by atoms with Crippen LogP contribution < -0.4 is 0 Å². The van der Waals surface area contributed by atoms with Gasteiger partial charge in [0.05, 0.1) is 17.7 Å². The van der Waals surface area contributed by atoms with E-state index in [9.17, 15) is 14.7 Å². The molecule has 0 saturated carbocycles. The summed E-state index contributed by atoms with van der Waals surface area (Å²) in [5, 5.41) is 11.6. The summed E-state index contributed by atoms with van der Waals surface area (Å²) >= 11 is 1.47. The minimum Gasteiger partial charge on any atom is -0.481 e. The number of carbonyl (C=O) groups excluding carboxylic acids is 1. The highest BCUT2D eigenvalue weighted by molar-refractivity contribution is 7.15. The third-order valence-electron chi connectivity index (χ3n) is 5.06. The molecular formula is C15H17N3O4S. The summed E-state index contributed by atoms with van der Waals surface area (Å²) < 4.78 is 7.23. The van der Waals surface area contributed by atoms with Gasteiger partial charge in [-0.3, -0.25) is 14.0 Å². The normalized spacial score (nSPS) is 27.3. The SMILES string of the molecule is Cc1nc2sccn2c1C(=O)N1C[C@@H]2COCC[C@]2(C(=O)O)C1. The highest BCUT2D eigenvalue weighted by atomic mass is 32.1. The molecule has 2 atom stereocenters. The number of rotatable bonds is 2. The molecule has 0 aliphatic carbocycles. The fourth-order valence-electron chi connectivity index (χ4n) is 3.76. The van der Waals surface area contributed by atoms with Crippen molar-refractivity contribution in [1.29, 1.82) is 0 Å². The fraction of sp³-hybridized carbons (Fsp3) is 0.533. The topological polar surface area (TPSA) is 84.1 Å². The van der Waals surface area contributed by atoms with Crippen molar-refractivity contribution >= 4 is 28.2 Å². The number of fused-ring (bicyclic) bond motifs is 2. The summed E-state index contributed by atoms with van der Waals surface area (Å²) in [4.78, 5) is 31.7. The average molecular weight is 335 g/mol. The second-order valence-corrected chi connectivity index (χ2v) is 7.14. The zero-order chi connectivity index (χ0) is 16.2. The highest BCUT2D eigenvalue weighted by Gasteiger charge is 2.55. The van der Waals surface area contributed by atoms with Gasteiger partial charge in [-0.15, -0.1) is 11.3 Å². The largest absolute Gasteiger partial charge is 0.481 e. The number of amides is 1. The number of hydrogen-bond acceptors (Lipinski definition) is 5. The Morgan fingerprint density at radius 2 is 2.35 bits per heavy atom. The molecule has 2 fully saturated rings. The Bertz CT molecular complexity index is 798.